The van der Waals surface area contributed by atoms with E-state index in [1.54, 1.807) is 24.3 Å². The molecule has 0 bridgehead atoms. The highest BCUT2D eigenvalue weighted by atomic mass is 35.5. The summed E-state index contributed by atoms with van der Waals surface area (Å²) in [5.41, 5.74) is 1.53. The van der Waals surface area contributed by atoms with Gasteiger partial charge in [0.1, 0.15) is 12.4 Å². The van der Waals surface area contributed by atoms with Gasteiger partial charge in [-0.2, -0.15) is 0 Å². The minimum atomic E-state index is -2.85. The molecule has 1 heterocycles. The Morgan fingerprint density at radius 2 is 2.04 bits per heavy atom. The van der Waals surface area contributed by atoms with Crippen molar-refractivity contribution in [2.45, 2.75) is 32.4 Å². The summed E-state index contributed by atoms with van der Waals surface area (Å²) in [7, 11) is 0. The molecule has 2 aromatic rings. The third-order valence-electron chi connectivity index (χ3n) is 4.92. The second kappa shape index (κ2) is 8.45. The highest BCUT2D eigenvalue weighted by molar-refractivity contribution is 6.31. The number of hydrogen-bond donors (Lipinski definition) is 1. The molecule has 0 saturated carbocycles. The van der Waals surface area contributed by atoms with Crippen LogP contribution in [-0.2, 0) is 23.9 Å². The first kappa shape index (κ1) is 20.6. The number of hydrogen-bond acceptors (Lipinski definition) is 3. The molecule has 1 fully saturated rings. The SMILES string of the molecule is CCC(F)(F)c1cccc(COc2ccc(CN3CC(C(=O)O)C3)c(Cl)c2)c1. The lowest BCUT2D eigenvalue weighted by atomic mass is 9.99. The summed E-state index contributed by atoms with van der Waals surface area (Å²) in [6.45, 7) is 3.23. The van der Waals surface area contributed by atoms with Crippen LogP contribution < -0.4 is 4.74 Å². The van der Waals surface area contributed by atoms with Crippen molar-refractivity contribution in [2.24, 2.45) is 5.92 Å². The number of halogens is 3. The van der Waals surface area contributed by atoms with Crippen LogP contribution >= 0.6 is 11.6 Å². The van der Waals surface area contributed by atoms with E-state index in [0.29, 0.717) is 36.0 Å². The molecule has 1 aliphatic heterocycles. The number of nitrogens with zero attached hydrogens (tertiary/aromatic N) is 1. The highest BCUT2D eigenvalue weighted by Crippen LogP contribution is 2.32. The Morgan fingerprint density at radius 3 is 2.68 bits per heavy atom. The van der Waals surface area contributed by atoms with Crippen molar-refractivity contribution in [2.75, 3.05) is 13.1 Å². The van der Waals surface area contributed by atoms with E-state index < -0.39 is 11.9 Å². The average molecular weight is 410 g/mol. The number of likely N-dealkylation sites (tertiary alicyclic amines) is 1. The first-order chi connectivity index (χ1) is 13.3. The van der Waals surface area contributed by atoms with Crippen molar-refractivity contribution in [3.63, 3.8) is 0 Å². The average Bonchev–Trinajstić information content (AvgIpc) is 2.63. The van der Waals surface area contributed by atoms with Gasteiger partial charge in [0.2, 0.25) is 0 Å². The predicted octanol–water partition coefficient (Wildman–Crippen LogP) is 4.94. The van der Waals surface area contributed by atoms with E-state index in [-0.39, 0.29) is 24.5 Å². The number of alkyl halides is 2. The van der Waals surface area contributed by atoms with E-state index in [4.69, 9.17) is 21.4 Å². The summed E-state index contributed by atoms with van der Waals surface area (Å²) in [6.07, 6.45) is -0.251. The molecular formula is C21H22ClF2NO3. The molecule has 1 saturated heterocycles. The van der Waals surface area contributed by atoms with Gasteiger partial charge in [0.25, 0.3) is 5.92 Å². The van der Waals surface area contributed by atoms with Gasteiger partial charge in [0.05, 0.1) is 5.92 Å². The number of carbonyl (C=O) groups is 1. The Balaban J connectivity index is 1.58. The van der Waals surface area contributed by atoms with Crippen molar-refractivity contribution < 1.29 is 23.4 Å². The molecule has 0 unspecified atom stereocenters. The molecule has 0 aromatic heterocycles. The lowest BCUT2D eigenvalue weighted by Crippen LogP contribution is -2.49. The van der Waals surface area contributed by atoms with E-state index in [1.165, 1.54) is 19.1 Å². The third-order valence-corrected chi connectivity index (χ3v) is 5.28. The highest BCUT2D eigenvalue weighted by Gasteiger charge is 2.32. The minimum Gasteiger partial charge on any atom is -0.489 e. The predicted molar refractivity (Wildman–Crippen MR) is 103 cm³/mol. The smallest absolute Gasteiger partial charge is 0.309 e. The van der Waals surface area contributed by atoms with Crippen LogP contribution in [0.4, 0.5) is 8.78 Å². The number of aliphatic carboxylic acids is 1. The molecule has 1 aliphatic rings. The molecule has 28 heavy (non-hydrogen) atoms. The van der Waals surface area contributed by atoms with Crippen LogP contribution in [0.3, 0.4) is 0 Å². The molecule has 0 spiro atoms. The van der Waals surface area contributed by atoms with Crippen molar-refractivity contribution in [1.29, 1.82) is 0 Å². The number of carboxylic acid groups (broad SMARTS) is 1. The van der Waals surface area contributed by atoms with Crippen LogP contribution in [0.5, 0.6) is 5.75 Å². The zero-order valence-corrected chi connectivity index (χ0v) is 16.3. The summed E-state index contributed by atoms with van der Waals surface area (Å²) in [5, 5.41) is 9.46. The Bertz CT molecular complexity index is 853. The monoisotopic (exact) mass is 409 g/mol. The van der Waals surface area contributed by atoms with Crippen molar-refractivity contribution in [3.8, 4) is 5.75 Å². The molecule has 1 N–H and O–H groups in total. The molecular weight excluding hydrogens is 388 g/mol. The lowest BCUT2D eigenvalue weighted by molar-refractivity contribution is -0.147. The number of benzene rings is 2. The summed E-state index contributed by atoms with van der Waals surface area (Å²) in [5.74, 6) is -3.38. The fourth-order valence-corrected chi connectivity index (χ4v) is 3.33. The van der Waals surface area contributed by atoms with E-state index in [9.17, 15) is 13.6 Å². The van der Waals surface area contributed by atoms with Crippen molar-refractivity contribution in [3.05, 3.63) is 64.2 Å². The van der Waals surface area contributed by atoms with Gasteiger partial charge >= 0.3 is 5.97 Å². The molecule has 4 nitrogen and oxygen atoms in total. The fraction of sp³-hybridized carbons (Fsp3) is 0.381. The van der Waals surface area contributed by atoms with Crippen LogP contribution in [-0.4, -0.2) is 29.1 Å². The standard InChI is InChI=1S/C21H22ClF2NO3/c1-2-21(23,24)17-5-3-4-14(8-17)13-28-18-7-6-15(19(22)9-18)10-25-11-16(12-25)20(26)27/h3-9,16H,2,10-13H2,1H3,(H,26,27). The number of rotatable bonds is 8. The van der Waals surface area contributed by atoms with Gasteiger partial charge in [-0.05, 0) is 29.3 Å². The van der Waals surface area contributed by atoms with Gasteiger partial charge < -0.3 is 9.84 Å². The van der Waals surface area contributed by atoms with E-state index >= 15 is 0 Å². The van der Waals surface area contributed by atoms with Crippen LogP contribution in [0.25, 0.3) is 0 Å². The van der Waals surface area contributed by atoms with Crippen LogP contribution in [0.15, 0.2) is 42.5 Å². The Hall–Kier alpha value is -2.18. The maximum absolute atomic E-state index is 13.8. The first-order valence-electron chi connectivity index (χ1n) is 9.12. The first-order valence-corrected chi connectivity index (χ1v) is 9.50. The van der Waals surface area contributed by atoms with E-state index in [0.717, 1.165) is 5.56 Å². The number of ether oxygens (including phenoxy) is 1. The Labute approximate surface area is 167 Å². The zero-order chi connectivity index (χ0) is 20.3. The maximum Gasteiger partial charge on any atom is 0.309 e. The van der Waals surface area contributed by atoms with Crippen LogP contribution in [0.1, 0.15) is 30.0 Å². The largest absolute Gasteiger partial charge is 0.489 e. The van der Waals surface area contributed by atoms with Crippen LogP contribution in [0.2, 0.25) is 5.02 Å². The van der Waals surface area contributed by atoms with Crippen molar-refractivity contribution in [1.82, 2.24) is 4.90 Å². The molecule has 0 aliphatic carbocycles. The normalized spacial score (nSPS) is 15.3. The number of carboxylic acids is 1. The van der Waals surface area contributed by atoms with Gasteiger partial charge in [-0.15, -0.1) is 0 Å². The molecule has 3 rings (SSSR count). The summed E-state index contributed by atoms with van der Waals surface area (Å²) < 4.78 is 33.4. The van der Waals surface area contributed by atoms with E-state index in [1.807, 2.05) is 11.0 Å². The Kier molecular flexibility index (Phi) is 6.20. The minimum absolute atomic E-state index is 0.0151. The zero-order valence-electron chi connectivity index (χ0n) is 15.5. The molecule has 0 radical (unpaired) electrons. The fourth-order valence-electron chi connectivity index (χ4n) is 3.10. The van der Waals surface area contributed by atoms with Crippen LogP contribution in [0, 0.1) is 5.92 Å². The van der Waals surface area contributed by atoms with Gasteiger partial charge in [0, 0.05) is 36.6 Å². The second-order valence-corrected chi connectivity index (χ2v) is 7.44. The third kappa shape index (κ3) is 4.80. The quantitative estimate of drug-likeness (QED) is 0.671. The van der Waals surface area contributed by atoms with Crippen molar-refractivity contribution >= 4 is 17.6 Å². The Morgan fingerprint density at radius 1 is 1.29 bits per heavy atom. The molecule has 150 valence electrons. The summed E-state index contributed by atoms with van der Waals surface area (Å²) in [6, 6.07) is 11.5. The van der Waals surface area contributed by atoms with Gasteiger partial charge in [-0.1, -0.05) is 42.8 Å². The van der Waals surface area contributed by atoms with Gasteiger partial charge in [-0.25, -0.2) is 8.78 Å². The molecule has 2 aromatic carbocycles. The summed E-state index contributed by atoms with van der Waals surface area (Å²) in [4.78, 5) is 12.9. The molecule has 7 heteroatoms. The van der Waals surface area contributed by atoms with E-state index in [2.05, 4.69) is 0 Å². The molecule has 0 atom stereocenters. The molecule has 0 amide bonds. The summed E-state index contributed by atoms with van der Waals surface area (Å²) >= 11 is 6.32. The topological polar surface area (TPSA) is 49.8 Å². The van der Waals surface area contributed by atoms with Gasteiger partial charge in [0.15, 0.2) is 0 Å². The maximum atomic E-state index is 13.8. The second-order valence-electron chi connectivity index (χ2n) is 7.03. The van der Waals surface area contributed by atoms with Gasteiger partial charge in [-0.3, -0.25) is 9.69 Å². The lowest BCUT2D eigenvalue weighted by Gasteiger charge is -2.36.